The van der Waals surface area contributed by atoms with Crippen LogP contribution in [0.2, 0.25) is 0 Å². The number of carbonyl (C=O) groups excluding carboxylic acids is 1. The number of benzene rings is 1. The van der Waals surface area contributed by atoms with Crippen molar-refractivity contribution in [3.05, 3.63) is 52.4 Å². The predicted molar refractivity (Wildman–Crippen MR) is 98.0 cm³/mol. The second kappa shape index (κ2) is 7.10. The number of fused-ring (bicyclic) bond motifs is 1. The number of carbonyl (C=O) groups is 1. The molecule has 25 heavy (non-hydrogen) atoms. The van der Waals surface area contributed by atoms with E-state index in [0.29, 0.717) is 16.6 Å². The second-order valence-corrected chi connectivity index (χ2v) is 7.56. The lowest BCUT2D eigenvalue weighted by atomic mass is 10.2. The molecule has 1 amide bonds. The molecule has 0 radical (unpaired) electrons. The SMILES string of the molecule is Cc1cccc(NC(=O)Cn2nc3ccc(SC(C)C)nn3c2=O)c1. The average molecular weight is 357 g/mol. The number of aryl methyl sites for hydroxylation is 1. The van der Waals surface area contributed by atoms with E-state index in [2.05, 4.69) is 29.4 Å². The molecule has 2 heterocycles. The third kappa shape index (κ3) is 4.08. The lowest BCUT2D eigenvalue weighted by Gasteiger charge is -2.05. The van der Waals surface area contributed by atoms with Crippen LogP contribution < -0.4 is 11.0 Å². The smallest absolute Gasteiger partial charge is 0.324 e. The van der Waals surface area contributed by atoms with Gasteiger partial charge in [-0.15, -0.1) is 16.9 Å². The standard InChI is InChI=1S/C17H19N5O2S/c1-11(2)25-16-8-7-14-19-21(17(24)22(14)20-16)10-15(23)18-13-6-4-5-12(3)9-13/h4-9,11H,10H2,1-3H3,(H,18,23). The molecular formula is C17H19N5O2S. The van der Waals surface area contributed by atoms with Crippen molar-refractivity contribution in [2.75, 3.05) is 5.32 Å². The van der Waals surface area contributed by atoms with Gasteiger partial charge in [-0.2, -0.15) is 9.61 Å². The minimum absolute atomic E-state index is 0.164. The molecule has 8 heteroatoms. The van der Waals surface area contributed by atoms with Gasteiger partial charge in [0.25, 0.3) is 0 Å². The highest BCUT2D eigenvalue weighted by Gasteiger charge is 2.13. The lowest BCUT2D eigenvalue weighted by Crippen LogP contribution is -2.28. The van der Waals surface area contributed by atoms with Gasteiger partial charge >= 0.3 is 5.69 Å². The Labute approximate surface area is 149 Å². The molecule has 3 rings (SSSR count). The van der Waals surface area contributed by atoms with E-state index in [9.17, 15) is 9.59 Å². The molecule has 3 aromatic rings. The fourth-order valence-corrected chi connectivity index (χ4v) is 3.12. The molecule has 130 valence electrons. The number of amides is 1. The van der Waals surface area contributed by atoms with Gasteiger partial charge in [-0.05, 0) is 36.8 Å². The Balaban J connectivity index is 1.80. The van der Waals surface area contributed by atoms with Crippen molar-refractivity contribution in [2.45, 2.75) is 37.6 Å². The molecule has 2 aromatic heterocycles. The van der Waals surface area contributed by atoms with E-state index >= 15 is 0 Å². The number of aromatic nitrogens is 4. The van der Waals surface area contributed by atoms with Crippen molar-refractivity contribution in [1.82, 2.24) is 19.4 Å². The van der Waals surface area contributed by atoms with Crippen LogP contribution in [0.4, 0.5) is 5.69 Å². The Morgan fingerprint density at radius 1 is 1.24 bits per heavy atom. The first-order valence-electron chi connectivity index (χ1n) is 7.92. The maximum atomic E-state index is 12.4. The Morgan fingerprint density at radius 2 is 2.04 bits per heavy atom. The number of hydrogen-bond acceptors (Lipinski definition) is 5. The van der Waals surface area contributed by atoms with Gasteiger partial charge in [-0.1, -0.05) is 26.0 Å². The highest BCUT2D eigenvalue weighted by molar-refractivity contribution is 7.99. The molecule has 0 saturated heterocycles. The molecule has 0 fully saturated rings. The maximum Gasteiger partial charge on any atom is 0.367 e. The molecule has 0 saturated carbocycles. The van der Waals surface area contributed by atoms with Gasteiger partial charge in [-0.3, -0.25) is 4.79 Å². The molecule has 0 unspecified atom stereocenters. The first-order valence-corrected chi connectivity index (χ1v) is 8.80. The average Bonchev–Trinajstić information content (AvgIpc) is 2.83. The van der Waals surface area contributed by atoms with Crippen LogP contribution in [0.3, 0.4) is 0 Å². The van der Waals surface area contributed by atoms with E-state index in [0.717, 1.165) is 15.3 Å². The monoisotopic (exact) mass is 357 g/mol. The van der Waals surface area contributed by atoms with Crippen molar-refractivity contribution < 1.29 is 4.79 Å². The molecule has 0 aliphatic heterocycles. The van der Waals surface area contributed by atoms with Gasteiger partial charge in [0.1, 0.15) is 11.6 Å². The summed E-state index contributed by atoms with van der Waals surface area (Å²) in [6.45, 7) is 5.89. The van der Waals surface area contributed by atoms with Crippen LogP contribution in [-0.2, 0) is 11.3 Å². The zero-order chi connectivity index (χ0) is 18.0. The van der Waals surface area contributed by atoms with Crippen LogP contribution in [0.25, 0.3) is 5.65 Å². The Bertz CT molecular complexity index is 977. The first kappa shape index (κ1) is 17.2. The zero-order valence-electron chi connectivity index (χ0n) is 14.3. The van der Waals surface area contributed by atoms with E-state index in [1.54, 1.807) is 23.9 Å². The number of hydrogen-bond donors (Lipinski definition) is 1. The minimum Gasteiger partial charge on any atom is -0.324 e. The largest absolute Gasteiger partial charge is 0.367 e. The first-order chi connectivity index (χ1) is 11.9. The van der Waals surface area contributed by atoms with Gasteiger partial charge in [0.15, 0.2) is 5.65 Å². The van der Waals surface area contributed by atoms with Crippen molar-refractivity contribution in [2.24, 2.45) is 0 Å². The third-order valence-corrected chi connectivity index (χ3v) is 4.30. The summed E-state index contributed by atoms with van der Waals surface area (Å²) in [7, 11) is 0. The summed E-state index contributed by atoms with van der Waals surface area (Å²) in [6.07, 6.45) is 0. The van der Waals surface area contributed by atoms with Crippen LogP contribution in [0.5, 0.6) is 0 Å². The molecule has 7 nitrogen and oxygen atoms in total. The molecular weight excluding hydrogens is 338 g/mol. The normalized spacial score (nSPS) is 11.2. The number of nitrogens with zero attached hydrogens (tertiary/aromatic N) is 4. The molecule has 1 aromatic carbocycles. The van der Waals surface area contributed by atoms with Gasteiger partial charge < -0.3 is 5.32 Å². The lowest BCUT2D eigenvalue weighted by molar-refractivity contribution is -0.117. The van der Waals surface area contributed by atoms with Crippen LogP contribution in [0, 0.1) is 6.92 Å². The highest BCUT2D eigenvalue weighted by Crippen LogP contribution is 2.19. The van der Waals surface area contributed by atoms with Crippen molar-refractivity contribution in [3.63, 3.8) is 0 Å². The zero-order valence-corrected chi connectivity index (χ0v) is 15.1. The number of rotatable bonds is 5. The summed E-state index contributed by atoms with van der Waals surface area (Å²) in [5, 5.41) is 12.3. The van der Waals surface area contributed by atoms with Gasteiger partial charge in [0.2, 0.25) is 5.91 Å². The molecule has 0 bridgehead atoms. The molecule has 0 spiro atoms. The van der Waals surface area contributed by atoms with E-state index < -0.39 is 5.69 Å². The van der Waals surface area contributed by atoms with E-state index in [1.807, 2.05) is 31.2 Å². The summed E-state index contributed by atoms with van der Waals surface area (Å²) in [6, 6.07) is 11.0. The quantitative estimate of drug-likeness (QED) is 0.709. The van der Waals surface area contributed by atoms with Crippen LogP contribution >= 0.6 is 11.8 Å². The Kier molecular flexibility index (Phi) is 4.89. The van der Waals surface area contributed by atoms with Crippen molar-refractivity contribution in [3.8, 4) is 0 Å². The predicted octanol–water partition coefficient (Wildman–Crippen LogP) is 2.34. The van der Waals surface area contributed by atoms with E-state index in [4.69, 9.17) is 0 Å². The number of anilines is 1. The third-order valence-electron chi connectivity index (χ3n) is 3.37. The van der Waals surface area contributed by atoms with Gasteiger partial charge in [-0.25, -0.2) is 9.48 Å². The van der Waals surface area contributed by atoms with E-state index in [1.165, 1.54) is 4.52 Å². The van der Waals surface area contributed by atoms with Crippen molar-refractivity contribution >= 4 is 29.0 Å². The highest BCUT2D eigenvalue weighted by atomic mass is 32.2. The van der Waals surface area contributed by atoms with Crippen LogP contribution in [0.15, 0.2) is 46.2 Å². The second-order valence-electron chi connectivity index (χ2n) is 5.97. The summed E-state index contributed by atoms with van der Waals surface area (Å²) >= 11 is 1.56. The maximum absolute atomic E-state index is 12.4. The molecule has 1 N–H and O–H groups in total. The fraction of sp³-hybridized carbons (Fsp3) is 0.294. The summed E-state index contributed by atoms with van der Waals surface area (Å²) in [5.74, 6) is -0.312. The number of thioether (sulfide) groups is 1. The Hall–Kier alpha value is -2.61. The summed E-state index contributed by atoms with van der Waals surface area (Å²) in [5.41, 5.74) is 1.72. The molecule has 0 atom stereocenters. The molecule has 0 aliphatic rings. The van der Waals surface area contributed by atoms with E-state index in [-0.39, 0.29) is 12.5 Å². The van der Waals surface area contributed by atoms with Gasteiger partial charge in [0.05, 0.1) is 0 Å². The van der Waals surface area contributed by atoms with Gasteiger partial charge in [0, 0.05) is 10.9 Å². The van der Waals surface area contributed by atoms with Crippen LogP contribution in [-0.4, -0.2) is 30.6 Å². The van der Waals surface area contributed by atoms with Crippen molar-refractivity contribution in [1.29, 1.82) is 0 Å². The summed E-state index contributed by atoms with van der Waals surface area (Å²) in [4.78, 5) is 24.6. The fourth-order valence-electron chi connectivity index (χ4n) is 2.36. The minimum atomic E-state index is -0.430. The number of nitrogens with one attached hydrogen (secondary N) is 1. The summed E-state index contributed by atoms with van der Waals surface area (Å²) < 4.78 is 2.35. The molecule has 0 aliphatic carbocycles. The van der Waals surface area contributed by atoms with Crippen LogP contribution in [0.1, 0.15) is 19.4 Å². The topological polar surface area (TPSA) is 81.3 Å². The Morgan fingerprint density at radius 3 is 2.76 bits per heavy atom.